The quantitative estimate of drug-likeness (QED) is 0.250. The SMILES string of the molecule is N#C/C(=C\C=C\c1ccccc1[N+](=O)[O-])C(=O)Nc1ccc(S(N)(=O)=O)cc1. The molecule has 0 spiro atoms. The minimum atomic E-state index is -3.85. The van der Waals surface area contributed by atoms with Crippen LogP contribution in [0.25, 0.3) is 6.08 Å². The molecule has 0 saturated carbocycles. The number of sulfonamides is 1. The van der Waals surface area contributed by atoms with E-state index in [4.69, 9.17) is 10.4 Å². The van der Waals surface area contributed by atoms with Crippen LogP contribution in [0, 0.1) is 21.4 Å². The summed E-state index contributed by atoms with van der Waals surface area (Å²) in [6, 6.07) is 12.8. The Balaban J connectivity index is 2.15. The molecule has 3 N–H and O–H groups in total. The molecule has 1 amide bonds. The number of amides is 1. The van der Waals surface area contributed by atoms with Crippen molar-refractivity contribution in [1.29, 1.82) is 5.26 Å². The van der Waals surface area contributed by atoms with E-state index in [1.807, 2.05) is 0 Å². The van der Waals surface area contributed by atoms with E-state index in [0.29, 0.717) is 5.56 Å². The lowest BCUT2D eigenvalue weighted by Crippen LogP contribution is -2.14. The predicted molar refractivity (Wildman–Crippen MR) is 102 cm³/mol. The van der Waals surface area contributed by atoms with Crippen molar-refractivity contribution in [2.45, 2.75) is 4.90 Å². The van der Waals surface area contributed by atoms with E-state index < -0.39 is 20.9 Å². The number of carbonyl (C=O) groups is 1. The van der Waals surface area contributed by atoms with Crippen molar-refractivity contribution in [3.05, 3.63) is 81.9 Å². The Morgan fingerprint density at radius 3 is 2.39 bits per heavy atom. The highest BCUT2D eigenvalue weighted by Crippen LogP contribution is 2.19. The van der Waals surface area contributed by atoms with Crippen LogP contribution in [0.1, 0.15) is 5.56 Å². The third kappa shape index (κ3) is 5.34. The number of nitrogens with one attached hydrogen (secondary N) is 1. The molecule has 142 valence electrons. The molecule has 9 nitrogen and oxygen atoms in total. The molecule has 2 aromatic rings. The molecule has 2 rings (SSSR count). The summed E-state index contributed by atoms with van der Waals surface area (Å²) in [5.74, 6) is -0.724. The molecule has 0 aromatic heterocycles. The molecule has 0 aliphatic carbocycles. The van der Waals surface area contributed by atoms with Crippen LogP contribution in [-0.2, 0) is 14.8 Å². The first kappa shape index (κ1) is 20.5. The second kappa shape index (κ2) is 8.72. The zero-order chi connectivity index (χ0) is 20.7. The van der Waals surface area contributed by atoms with Gasteiger partial charge in [-0.25, -0.2) is 13.6 Å². The van der Waals surface area contributed by atoms with Crippen LogP contribution in [0.15, 0.2) is 71.2 Å². The number of rotatable bonds is 6. The van der Waals surface area contributed by atoms with Crippen molar-refractivity contribution >= 4 is 33.4 Å². The molecule has 0 saturated heterocycles. The van der Waals surface area contributed by atoms with Crippen LogP contribution in [0.5, 0.6) is 0 Å². The monoisotopic (exact) mass is 398 g/mol. The van der Waals surface area contributed by atoms with Crippen LogP contribution in [0.2, 0.25) is 0 Å². The van der Waals surface area contributed by atoms with E-state index in [2.05, 4.69) is 5.32 Å². The first-order chi connectivity index (χ1) is 13.2. The van der Waals surface area contributed by atoms with Crippen molar-refractivity contribution in [2.75, 3.05) is 5.32 Å². The van der Waals surface area contributed by atoms with E-state index in [1.165, 1.54) is 60.7 Å². The molecule has 0 heterocycles. The van der Waals surface area contributed by atoms with Gasteiger partial charge < -0.3 is 5.32 Å². The summed E-state index contributed by atoms with van der Waals surface area (Å²) in [6.07, 6.45) is 3.97. The third-order valence-electron chi connectivity index (χ3n) is 3.48. The fourth-order valence-corrected chi connectivity index (χ4v) is 2.65. The molecule has 28 heavy (non-hydrogen) atoms. The molecule has 10 heteroatoms. The minimum absolute atomic E-state index is 0.106. The Morgan fingerprint density at radius 1 is 1.18 bits per heavy atom. The predicted octanol–water partition coefficient (Wildman–Crippen LogP) is 2.34. The number of para-hydroxylation sites is 1. The summed E-state index contributed by atoms with van der Waals surface area (Å²) in [7, 11) is -3.85. The molecule has 0 unspecified atom stereocenters. The van der Waals surface area contributed by atoms with Crippen molar-refractivity contribution in [1.82, 2.24) is 0 Å². The second-order valence-corrected chi connectivity index (χ2v) is 6.95. The van der Waals surface area contributed by atoms with E-state index in [-0.39, 0.29) is 21.8 Å². The van der Waals surface area contributed by atoms with Gasteiger partial charge in [0.25, 0.3) is 11.6 Å². The van der Waals surface area contributed by atoms with Crippen LogP contribution >= 0.6 is 0 Å². The molecule has 0 radical (unpaired) electrons. The maximum Gasteiger partial charge on any atom is 0.276 e. The molecule has 2 aromatic carbocycles. The van der Waals surface area contributed by atoms with Crippen molar-refractivity contribution < 1.29 is 18.1 Å². The van der Waals surface area contributed by atoms with Gasteiger partial charge in [0.2, 0.25) is 10.0 Å². The van der Waals surface area contributed by atoms with Crippen LogP contribution in [-0.4, -0.2) is 19.2 Å². The lowest BCUT2D eigenvalue weighted by Gasteiger charge is -2.05. The highest BCUT2D eigenvalue weighted by atomic mass is 32.2. The number of nitriles is 1. The van der Waals surface area contributed by atoms with Gasteiger partial charge in [0, 0.05) is 11.8 Å². The van der Waals surface area contributed by atoms with Crippen molar-refractivity contribution in [3.8, 4) is 6.07 Å². The van der Waals surface area contributed by atoms with Gasteiger partial charge in [0.1, 0.15) is 11.6 Å². The Labute approximate surface area is 160 Å². The Bertz CT molecular complexity index is 1110. The fourth-order valence-electron chi connectivity index (χ4n) is 2.13. The molecule has 0 bridgehead atoms. The number of nitro benzene ring substituents is 1. The molecule has 0 fully saturated rings. The normalized spacial score (nSPS) is 11.8. The van der Waals surface area contributed by atoms with Gasteiger partial charge in [-0.3, -0.25) is 14.9 Å². The van der Waals surface area contributed by atoms with Gasteiger partial charge in [-0.05, 0) is 42.5 Å². The number of carbonyl (C=O) groups excluding carboxylic acids is 1. The summed E-state index contributed by atoms with van der Waals surface area (Å²) in [4.78, 5) is 22.5. The molecular weight excluding hydrogens is 384 g/mol. The summed E-state index contributed by atoms with van der Waals surface area (Å²) in [6.45, 7) is 0. The maximum atomic E-state index is 12.2. The van der Waals surface area contributed by atoms with Gasteiger partial charge in [0.15, 0.2) is 0 Å². The summed E-state index contributed by atoms with van der Waals surface area (Å²) in [5.41, 5.74) is 0.233. The lowest BCUT2D eigenvalue weighted by atomic mass is 10.1. The van der Waals surface area contributed by atoms with E-state index >= 15 is 0 Å². The maximum absolute atomic E-state index is 12.2. The van der Waals surface area contributed by atoms with Crippen molar-refractivity contribution in [2.24, 2.45) is 5.14 Å². The first-order valence-corrected chi connectivity index (χ1v) is 9.23. The largest absolute Gasteiger partial charge is 0.321 e. The van der Waals surface area contributed by atoms with Crippen LogP contribution in [0.4, 0.5) is 11.4 Å². The Hall–Kier alpha value is -3.81. The third-order valence-corrected chi connectivity index (χ3v) is 4.41. The molecular formula is C18H14N4O5S. The van der Waals surface area contributed by atoms with Gasteiger partial charge in [0.05, 0.1) is 15.4 Å². The lowest BCUT2D eigenvalue weighted by molar-refractivity contribution is -0.385. The van der Waals surface area contributed by atoms with Gasteiger partial charge in [-0.2, -0.15) is 5.26 Å². The average molecular weight is 398 g/mol. The Kier molecular flexibility index (Phi) is 6.38. The van der Waals surface area contributed by atoms with E-state index in [9.17, 15) is 23.3 Å². The highest BCUT2D eigenvalue weighted by Gasteiger charge is 2.11. The summed E-state index contributed by atoms with van der Waals surface area (Å²) >= 11 is 0. The van der Waals surface area contributed by atoms with Crippen LogP contribution in [0.3, 0.4) is 0 Å². The first-order valence-electron chi connectivity index (χ1n) is 7.68. The number of nitro groups is 1. The summed E-state index contributed by atoms with van der Waals surface area (Å²) < 4.78 is 22.4. The number of benzene rings is 2. The smallest absolute Gasteiger partial charge is 0.276 e. The number of nitrogens with two attached hydrogens (primary N) is 1. The minimum Gasteiger partial charge on any atom is -0.321 e. The van der Waals surface area contributed by atoms with E-state index in [1.54, 1.807) is 12.1 Å². The fraction of sp³-hybridized carbons (Fsp3) is 0. The summed E-state index contributed by atoms with van der Waals surface area (Å²) in [5, 5.41) is 27.6. The van der Waals surface area contributed by atoms with Gasteiger partial charge in [-0.1, -0.05) is 18.2 Å². The second-order valence-electron chi connectivity index (χ2n) is 5.39. The van der Waals surface area contributed by atoms with Gasteiger partial charge >= 0.3 is 0 Å². The molecule has 0 aliphatic heterocycles. The van der Waals surface area contributed by atoms with Crippen LogP contribution < -0.4 is 10.5 Å². The molecule has 0 atom stereocenters. The Morgan fingerprint density at radius 2 is 1.82 bits per heavy atom. The number of anilines is 1. The number of primary sulfonamides is 1. The number of allylic oxidation sites excluding steroid dienone is 2. The molecule has 0 aliphatic rings. The number of hydrogen-bond acceptors (Lipinski definition) is 6. The zero-order valence-corrected chi connectivity index (χ0v) is 15.1. The highest BCUT2D eigenvalue weighted by molar-refractivity contribution is 7.89. The number of hydrogen-bond donors (Lipinski definition) is 2. The average Bonchev–Trinajstić information content (AvgIpc) is 2.65. The standard InChI is InChI=1S/C18H14N4O5S/c19-12-14(6-3-5-13-4-1-2-7-17(13)22(24)25)18(23)21-15-8-10-16(11-9-15)28(20,26)27/h1-11H,(H,21,23)(H2,20,26,27)/b5-3+,14-6+. The number of nitrogens with zero attached hydrogens (tertiary/aromatic N) is 2. The van der Waals surface area contributed by atoms with Gasteiger partial charge in [-0.15, -0.1) is 0 Å². The van der Waals surface area contributed by atoms with Crippen molar-refractivity contribution in [3.63, 3.8) is 0 Å². The topological polar surface area (TPSA) is 156 Å². The zero-order valence-electron chi connectivity index (χ0n) is 14.3. The van der Waals surface area contributed by atoms with E-state index in [0.717, 1.165) is 0 Å².